The van der Waals surface area contributed by atoms with Crippen LogP contribution in [0, 0.1) is 0 Å². The van der Waals surface area contributed by atoms with Crippen LogP contribution in [0.5, 0.6) is 23.0 Å². The maximum atomic E-state index is 12.4. The van der Waals surface area contributed by atoms with E-state index in [-0.39, 0.29) is 0 Å². The van der Waals surface area contributed by atoms with Crippen molar-refractivity contribution in [3.8, 4) is 23.0 Å². The van der Waals surface area contributed by atoms with Gasteiger partial charge in [0.05, 0.1) is 20.8 Å². The minimum Gasteiger partial charge on any atom is -0.493 e. The second kappa shape index (κ2) is 11.4. The molecule has 0 aliphatic rings. The minimum absolute atomic E-state index is 0.356. The molecule has 0 N–H and O–H groups in total. The predicted molar refractivity (Wildman–Crippen MR) is 125 cm³/mol. The molecule has 0 bridgehead atoms. The first-order valence-electron chi connectivity index (χ1n) is 10.1. The summed E-state index contributed by atoms with van der Waals surface area (Å²) < 4.78 is 21.7. The van der Waals surface area contributed by atoms with Gasteiger partial charge in [-0.05, 0) is 66.1 Å². The Bertz CT molecular complexity index is 1110. The predicted octanol–water partition coefficient (Wildman–Crippen LogP) is 5.29. The molecule has 0 aliphatic heterocycles. The molecule has 164 valence electrons. The maximum Gasteiger partial charge on any atom is 0.336 e. The Balaban J connectivity index is 1.72. The van der Waals surface area contributed by atoms with Gasteiger partial charge in [-0.1, -0.05) is 24.3 Å². The largest absolute Gasteiger partial charge is 0.493 e. The van der Waals surface area contributed by atoms with Crippen molar-refractivity contribution in [1.82, 2.24) is 4.98 Å². The molecule has 1 aromatic heterocycles. The molecular weight excluding hydrogens is 406 g/mol. The van der Waals surface area contributed by atoms with E-state index in [0.717, 1.165) is 16.7 Å². The zero-order chi connectivity index (χ0) is 22.8. The third-order valence-corrected chi connectivity index (χ3v) is 4.47. The summed E-state index contributed by atoms with van der Waals surface area (Å²) in [7, 11) is 3.13. The Morgan fingerprint density at radius 1 is 0.781 bits per heavy atom. The van der Waals surface area contributed by atoms with Crippen LogP contribution in [-0.4, -0.2) is 31.8 Å². The fourth-order valence-electron chi connectivity index (χ4n) is 2.91. The van der Waals surface area contributed by atoms with E-state index in [1.807, 2.05) is 49.4 Å². The lowest BCUT2D eigenvalue weighted by Gasteiger charge is -2.10. The molecule has 3 aromatic rings. The summed E-state index contributed by atoms with van der Waals surface area (Å²) in [5, 5.41) is 0. The maximum absolute atomic E-state index is 12.4. The number of carbonyl (C=O) groups excluding carboxylic acids is 1. The first-order chi connectivity index (χ1) is 15.6. The summed E-state index contributed by atoms with van der Waals surface area (Å²) in [4.78, 5) is 16.4. The van der Waals surface area contributed by atoms with E-state index < -0.39 is 5.97 Å². The van der Waals surface area contributed by atoms with Crippen LogP contribution in [0.1, 0.15) is 23.6 Å². The summed E-state index contributed by atoms with van der Waals surface area (Å²) in [6.45, 7) is 2.33. The number of pyridine rings is 1. The number of nitrogens with zero attached hydrogens (tertiary/aromatic N) is 1. The van der Waals surface area contributed by atoms with E-state index in [0.29, 0.717) is 29.6 Å². The molecule has 32 heavy (non-hydrogen) atoms. The first kappa shape index (κ1) is 22.6. The Morgan fingerprint density at radius 2 is 1.41 bits per heavy atom. The SMILES string of the molecule is CCOc1cc(/C=C/c2ccncc2)ccc1OC(=O)/C=C/c1ccc(OC)c(OC)c1. The van der Waals surface area contributed by atoms with Crippen LogP contribution in [-0.2, 0) is 4.79 Å². The highest BCUT2D eigenvalue weighted by Gasteiger charge is 2.10. The molecule has 0 atom stereocenters. The van der Waals surface area contributed by atoms with Crippen molar-refractivity contribution in [2.45, 2.75) is 6.92 Å². The highest BCUT2D eigenvalue weighted by molar-refractivity contribution is 5.89. The lowest BCUT2D eigenvalue weighted by molar-refractivity contribution is -0.129. The van der Waals surface area contributed by atoms with Gasteiger partial charge in [0.15, 0.2) is 23.0 Å². The van der Waals surface area contributed by atoms with Gasteiger partial charge in [-0.15, -0.1) is 0 Å². The number of ether oxygens (including phenoxy) is 4. The Morgan fingerprint density at radius 3 is 2.09 bits per heavy atom. The fourth-order valence-corrected chi connectivity index (χ4v) is 2.91. The van der Waals surface area contributed by atoms with Crippen LogP contribution in [0.25, 0.3) is 18.2 Å². The van der Waals surface area contributed by atoms with Gasteiger partial charge in [-0.25, -0.2) is 4.79 Å². The van der Waals surface area contributed by atoms with Crippen molar-refractivity contribution in [3.05, 3.63) is 83.7 Å². The monoisotopic (exact) mass is 431 g/mol. The number of methoxy groups -OCH3 is 2. The Labute approximate surface area is 187 Å². The van der Waals surface area contributed by atoms with E-state index >= 15 is 0 Å². The van der Waals surface area contributed by atoms with Gasteiger partial charge in [0.2, 0.25) is 0 Å². The second-order valence-corrected chi connectivity index (χ2v) is 6.62. The van der Waals surface area contributed by atoms with Crippen molar-refractivity contribution < 1.29 is 23.7 Å². The third-order valence-electron chi connectivity index (χ3n) is 4.47. The number of hydrogen-bond donors (Lipinski definition) is 0. The van der Waals surface area contributed by atoms with Crippen molar-refractivity contribution in [2.24, 2.45) is 0 Å². The smallest absolute Gasteiger partial charge is 0.336 e. The summed E-state index contributed by atoms with van der Waals surface area (Å²) in [5.74, 6) is 1.54. The number of carbonyl (C=O) groups is 1. The highest BCUT2D eigenvalue weighted by atomic mass is 16.6. The topological polar surface area (TPSA) is 66.9 Å². The molecule has 3 rings (SSSR count). The minimum atomic E-state index is -0.513. The quantitative estimate of drug-likeness (QED) is 0.261. The van der Waals surface area contributed by atoms with Gasteiger partial charge in [0.1, 0.15) is 0 Å². The third kappa shape index (κ3) is 6.22. The highest BCUT2D eigenvalue weighted by Crippen LogP contribution is 2.30. The summed E-state index contributed by atoms with van der Waals surface area (Å²) in [6, 6.07) is 14.6. The van der Waals surface area contributed by atoms with Crippen LogP contribution in [0.4, 0.5) is 0 Å². The van der Waals surface area contributed by atoms with Gasteiger partial charge in [0.25, 0.3) is 0 Å². The number of rotatable bonds is 9. The average molecular weight is 431 g/mol. The van der Waals surface area contributed by atoms with Crippen LogP contribution < -0.4 is 18.9 Å². The van der Waals surface area contributed by atoms with Crippen LogP contribution in [0.3, 0.4) is 0 Å². The number of aromatic nitrogens is 1. The molecular formula is C26H25NO5. The number of esters is 1. The standard InChI is InChI=1S/C26H25NO5/c1-4-31-25-18-20(6-5-19-13-15-27-16-14-19)8-11-23(25)32-26(28)12-9-21-7-10-22(29-2)24(17-21)30-3/h5-18H,4H2,1-3H3/b6-5+,12-9+. The summed E-state index contributed by atoms with van der Waals surface area (Å²) >= 11 is 0. The molecule has 0 aliphatic carbocycles. The molecule has 0 spiro atoms. The first-order valence-corrected chi connectivity index (χ1v) is 10.1. The van der Waals surface area contributed by atoms with Crippen molar-refractivity contribution in [1.29, 1.82) is 0 Å². The molecule has 0 amide bonds. The van der Waals surface area contributed by atoms with Gasteiger partial charge >= 0.3 is 5.97 Å². The van der Waals surface area contributed by atoms with Gasteiger partial charge in [0, 0.05) is 18.5 Å². The summed E-state index contributed by atoms with van der Waals surface area (Å²) in [6.07, 6.45) is 10.4. The molecule has 0 saturated heterocycles. The normalized spacial score (nSPS) is 11.0. The van der Waals surface area contributed by atoms with E-state index in [1.165, 1.54) is 6.08 Å². The zero-order valence-corrected chi connectivity index (χ0v) is 18.3. The van der Waals surface area contributed by atoms with E-state index in [1.54, 1.807) is 50.9 Å². The lowest BCUT2D eigenvalue weighted by Crippen LogP contribution is -2.06. The van der Waals surface area contributed by atoms with E-state index in [4.69, 9.17) is 18.9 Å². The van der Waals surface area contributed by atoms with Gasteiger partial charge in [-0.3, -0.25) is 4.98 Å². The van der Waals surface area contributed by atoms with Crippen LogP contribution >= 0.6 is 0 Å². The average Bonchev–Trinajstić information content (AvgIpc) is 2.83. The molecule has 6 nitrogen and oxygen atoms in total. The van der Waals surface area contributed by atoms with Gasteiger partial charge in [-0.2, -0.15) is 0 Å². The Kier molecular flexibility index (Phi) is 8.03. The van der Waals surface area contributed by atoms with Crippen molar-refractivity contribution >= 4 is 24.2 Å². The lowest BCUT2D eigenvalue weighted by atomic mass is 10.1. The van der Waals surface area contributed by atoms with E-state index in [2.05, 4.69) is 4.98 Å². The second-order valence-electron chi connectivity index (χ2n) is 6.62. The van der Waals surface area contributed by atoms with E-state index in [9.17, 15) is 4.79 Å². The molecule has 0 unspecified atom stereocenters. The van der Waals surface area contributed by atoms with Gasteiger partial charge < -0.3 is 18.9 Å². The molecule has 1 heterocycles. The van der Waals surface area contributed by atoms with Crippen molar-refractivity contribution in [2.75, 3.05) is 20.8 Å². The van der Waals surface area contributed by atoms with Crippen molar-refractivity contribution in [3.63, 3.8) is 0 Å². The Hall–Kier alpha value is -4.06. The molecule has 0 saturated carbocycles. The zero-order valence-electron chi connectivity index (χ0n) is 18.3. The molecule has 6 heteroatoms. The number of hydrogen-bond acceptors (Lipinski definition) is 6. The van der Waals surface area contributed by atoms with Crippen LogP contribution in [0.2, 0.25) is 0 Å². The molecule has 0 fully saturated rings. The number of benzene rings is 2. The molecule has 0 radical (unpaired) electrons. The fraction of sp³-hybridized carbons (Fsp3) is 0.154. The van der Waals surface area contributed by atoms with Crippen LogP contribution in [0.15, 0.2) is 67.0 Å². The summed E-state index contributed by atoms with van der Waals surface area (Å²) in [5.41, 5.74) is 2.74. The molecule has 2 aromatic carbocycles.